The zero-order chi connectivity index (χ0) is 16.2. The van der Waals surface area contributed by atoms with Crippen molar-refractivity contribution in [2.75, 3.05) is 13.1 Å². The van der Waals surface area contributed by atoms with Gasteiger partial charge in [0.1, 0.15) is 11.7 Å². The number of likely N-dealkylation sites (tertiary alicyclic amines) is 1. The third-order valence-corrected chi connectivity index (χ3v) is 4.17. The molecule has 0 saturated carbocycles. The Morgan fingerprint density at radius 2 is 2.09 bits per heavy atom. The van der Waals surface area contributed by atoms with Gasteiger partial charge in [-0.25, -0.2) is 4.98 Å². The fourth-order valence-electron chi connectivity index (χ4n) is 2.93. The fourth-order valence-corrected chi connectivity index (χ4v) is 2.93. The Hall–Kier alpha value is -2.28. The number of imide groups is 1. The van der Waals surface area contributed by atoms with E-state index in [2.05, 4.69) is 20.5 Å². The molecule has 122 valence electrons. The predicted octanol–water partition coefficient (Wildman–Crippen LogP) is 0.212. The summed E-state index contributed by atoms with van der Waals surface area (Å²) < 4.78 is 0. The predicted molar refractivity (Wildman–Crippen MR) is 82.4 cm³/mol. The highest BCUT2D eigenvalue weighted by atomic mass is 16.2. The maximum Gasteiger partial charge on any atom is 0.270 e. The number of hydrogen-bond acceptors (Lipinski definition) is 5. The zero-order valence-corrected chi connectivity index (χ0v) is 12.9. The molecule has 1 atom stereocenters. The lowest BCUT2D eigenvalue weighted by Crippen LogP contribution is -2.52. The topological polar surface area (TPSA) is 91.4 Å². The van der Waals surface area contributed by atoms with Crippen molar-refractivity contribution < 1.29 is 14.4 Å². The van der Waals surface area contributed by atoms with Gasteiger partial charge in [-0.05, 0) is 44.5 Å². The quantitative estimate of drug-likeness (QED) is 0.775. The molecule has 7 nitrogen and oxygen atoms in total. The molecule has 2 N–H and O–H groups in total. The van der Waals surface area contributed by atoms with Crippen LogP contribution in [-0.4, -0.2) is 46.7 Å². The van der Waals surface area contributed by atoms with Crippen molar-refractivity contribution in [2.24, 2.45) is 0 Å². The zero-order valence-electron chi connectivity index (χ0n) is 12.9. The van der Waals surface area contributed by atoms with Crippen LogP contribution in [0.1, 0.15) is 41.9 Å². The Labute approximate surface area is 134 Å². The summed E-state index contributed by atoms with van der Waals surface area (Å²) in [5.74, 6) is -1.14. The number of amides is 3. The number of hydrogen-bond donors (Lipinski definition) is 2. The first-order valence-corrected chi connectivity index (χ1v) is 7.94. The molecule has 0 aromatic carbocycles. The van der Waals surface area contributed by atoms with Gasteiger partial charge in [0.25, 0.3) is 5.91 Å². The first-order chi connectivity index (χ1) is 11.1. The van der Waals surface area contributed by atoms with Crippen molar-refractivity contribution in [2.45, 2.75) is 38.3 Å². The summed E-state index contributed by atoms with van der Waals surface area (Å²) in [6.07, 6.45) is 2.97. The lowest BCUT2D eigenvalue weighted by molar-refractivity contribution is -0.134. The molecule has 1 unspecified atom stereocenters. The van der Waals surface area contributed by atoms with E-state index in [-0.39, 0.29) is 18.2 Å². The molecule has 1 aromatic rings. The van der Waals surface area contributed by atoms with Crippen molar-refractivity contribution >= 4 is 17.7 Å². The van der Waals surface area contributed by atoms with Crippen LogP contribution < -0.4 is 10.6 Å². The van der Waals surface area contributed by atoms with Crippen LogP contribution in [0, 0.1) is 0 Å². The van der Waals surface area contributed by atoms with Crippen LogP contribution in [-0.2, 0) is 16.1 Å². The van der Waals surface area contributed by atoms with Gasteiger partial charge in [0, 0.05) is 13.0 Å². The lowest BCUT2D eigenvalue weighted by atomic mass is 10.1. The molecular formula is C16H20N4O3. The number of aromatic nitrogens is 1. The minimum Gasteiger partial charge on any atom is -0.339 e. The molecule has 23 heavy (non-hydrogen) atoms. The molecule has 7 heteroatoms. The van der Waals surface area contributed by atoms with E-state index in [9.17, 15) is 14.4 Å². The minimum absolute atomic E-state index is 0.235. The molecule has 2 saturated heterocycles. The van der Waals surface area contributed by atoms with E-state index in [0.29, 0.717) is 12.1 Å². The largest absolute Gasteiger partial charge is 0.339 e. The average molecular weight is 316 g/mol. The summed E-state index contributed by atoms with van der Waals surface area (Å²) in [5.41, 5.74) is 1.15. The summed E-state index contributed by atoms with van der Waals surface area (Å²) in [6, 6.07) is 4.66. The number of nitrogens with one attached hydrogen (secondary N) is 2. The number of rotatable bonds is 4. The molecule has 3 amide bonds. The molecule has 2 fully saturated rings. The molecule has 2 aliphatic heterocycles. The van der Waals surface area contributed by atoms with Crippen LogP contribution in [0.4, 0.5) is 0 Å². The molecule has 3 heterocycles. The molecule has 1 aromatic heterocycles. The van der Waals surface area contributed by atoms with Crippen molar-refractivity contribution in [1.29, 1.82) is 0 Å². The van der Waals surface area contributed by atoms with Crippen LogP contribution in [0.3, 0.4) is 0 Å². The van der Waals surface area contributed by atoms with Gasteiger partial charge in [-0.1, -0.05) is 6.07 Å². The maximum atomic E-state index is 12.3. The highest BCUT2D eigenvalue weighted by Crippen LogP contribution is 2.12. The second kappa shape index (κ2) is 6.87. The van der Waals surface area contributed by atoms with Gasteiger partial charge in [-0.2, -0.15) is 0 Å². The van der Waals surface area contributed by atoms with Crippen molar-refractivity contribution in [1.82, 2.24) is 20.5 Å². The average Bonchev–Trinajstić information content (AvgIpc) is 3.03. The smallest absolute Gasteiger partial charge is 0.270 e. The summed E-state index contributed by atoms with van der Waals surface area (Å²) >= 11 is 0. The number of pyridine rings is 1. The first kappa shape index (κ1) is 15.6. The second-order valence-electron chi connectivity index (χ2n) is 5.97. The van der Waals surface area contributed by atoms with E-state index in [1.165, 1.54) is 12.8 Å². The normalized spacial score (nSPS) is 22.0. The van der Waals surface area contributed by atoms with Gasteiger partial charge in [0.05, 0.1) is 5.69 Å². The highest BCUT2D eigenvalue weighted by Gasteiger charge is 2.28. The molecule has 0 bridgehead atoms. The van der Waals surface area contributed by atoms with Gasteiger partial charge >= 0.3 is 0 Å². The third-order valence-electron chi connectivity index (χ3n) is 4.17. The summed E-state index contributed by atoms with van der Waals surface area (Å²) in [6.45, 7) is 2.86. The molecule has 0 aliphatic carbocycles. The van der Waals surface area contributed by atoms with Gasteiger partial charge in [-0.3, -0.25) is 24.6 Å². The number of nitrogens with zero attached hydrogens (tertiary/aromatic N) is 2. The van der Waals surface area contributed by atoms with Crippen LogP contribution >= 0.6 is 0 Å². The van der Waals surface area contributed by atoms with E-state index < -0.39 is 11.9 Å². The van der Waals surface area contributed by atoms with Gasteiger partial charge in [0.15, 0.2) is 0 Å². The number of piperidine rings is 1. The molecule has 3 rings (SSSR count). The standard InChI is InChI=1S/C16H20N4O3/c21-14-7-6-13(16(23)19-14)18-15(22)12-5-3-4-11(17-12)10-20-8-1-2-9-20/h3-5,13H,1-2,6-10H2,(H,18,22)(H,19,21,23). The van der Waals surface area contributed by atoms with Crippen molar-refractivity contribution in [3.8, 4) is 0 Å². The molecule has 0 radical (unpaired) electrons. The summed E-state index contributed by atoms with van der Waals surface area (Å²) in [5, 5.41) is 4.87. The SMILES string of the molecule is O=C1CCC(NC(=O)c2cccc(CN3CCCC3)n2)C(=O)N1. The molecule has 0 spiro atoms. The van der Waals surface area contributed by atoms with E-state index in [4.69, 9.17) is 0 Å². The Morgan fingerprint density at radius 1 is 1.30 bits per heavy atom. The Bertz CT molecular complexity index is 626. The Morgan fingerprint density at radius 3 is 2.83 bits per heavy atom. The Balaban J connectivity index is 1.62. The van der Waals surface area contributed by atoms with Gasteiger partial charge in [-0.15, -0.1) is 0 Å². The monoisotopic (exact) mass is 316 g/mol. The first-order valence-electron chi connectivity index (χ1n) is 7.94. The number of carbonyl (C=O) groups excluding carboxylic acids is 3. The van der Waals surface area contributed by atoms with E-state index in [1.54, 1.807) is 12.1 Å². The second-order valence-corrected chi connectivity index (χ2v) is 5.97. The van der Waals surface area contributed by atoms with E-state index in [1.807, 2.05) is 6.07 Å². The van der Waals surface area contributed by atoms with Gasteiger partial charge in [0.2, 0.25) is 11.8 Å². The van der Waals surface area contributed by atoms with E-state index in [0.717, 1.165) is 25.3 Å². The fraction of sp³-hybridized carbons (Fsp3) is 0.500. The van der Waals surface area contributed by atoms with Crippen LogP contribution in [0.5, 0.6) is 0 Å². The summed E-state index contributed by atoms with van der Waals surface area (Å²) in [7, 11) is 0. The molecular weight excluding hydrogens is 296 g/mol. The van der Waals surface area contributed by atoms with Crippen LogP contribution in [0.25, 0.3) is 0 Å². The Kier molecular flexibility index (Phi) is 4.66. The lowest BCUT2D eigenvalue weighted by Gasteiger charge is -2.21. The van der Waals surface area contributed by atoms with Crippen molar-refractivity contribution in [3.05, 3.63) is 29.6 Å². The third kappa shape index (κ3) is 3.92. The number of carbonyl (C=O) groups is 3. The van der Waals surface area contributed by atoms with Gasteiger partial charge < -0.3 is 5.32 Å². The van der Waals surface area contributed by atoms with E-state index >= 15 is 0 Å². The summed E-state index contributed by atoms with van der Waals surface area (Å²) in [4.78, 5) is 41.8. The van der Waals surface area contributed by atoms with Crippen molar-refractivity contribution in [3.63, 3.8) is 0 Å². The minimum atomic E-state index is -0.677. The van der Waals surface area contributed by atoms with Crippen LogP contribution in [0.15, 0.2) is 18.2 Å². The highest BCUT2D eigenvalue weighted by molar-refractivity contribution is 6.03. The maximum absolute atomic E-state index is 12.3. The van der Waals surface area contributed by atoms with Crippen LogP contribution in [0.2, 0.25) is 0 Å². The molecule has 2 aliphatic rings.